The predicted molar refractivity (Wildman–Crippen MR) is 96.3 cm³/mol. The minimum Gasteiger partial charge on any atom is -0.872 e. The second-order valence-electron chi connectivity index (χ2n) is 5.32. The van der Waals surface area contributed by atoms with Gasteiger partial charge in [0.25, 0.3) is 5.69 Å². The fraction of sp³-hybridized carbons (Fsp3) is 0.235. The van der Waals surface area contributed by atoms with E-state index in [1.165, 1.54) is 22.7 Å². The van der Waals surface area contributed by atoms with Gasteiger partial charge >= 0.3 is 0 Å². The third-order valence-corrected chi connectivity index (χ3v) is 5.76. The first-order valence-electron chi connectivity index (χ1n) is 7.89. The number of nitrogens with zero attached hydrogens (tertiary/aromatic N) is 3. The van der Waals surface area contributed by atoms with E-state index in [2.05, 4.69) is 4.99 Å². The lowest BCUT2D eigenvalue weighted by Crippen LogP contribution is -2.30. The van der Waals surface area contributed by atoms with E-state index in [1.807, 2.05) is 0 Å². The van der Waals surface area contributed by atoms with E-state index in [-0.39, 0.29) is 16.1 Å². The molecule has 2 rings (SSSR count). The van der Waals surface area contributed by atoms with Crippen molar-refractivity contribution >= 4 is 27.6 Å². The lowest BCUT2D eigenvalue weighted by molar-refractivity contribution is -0.385. The van der Waals surface area contributed by atoms with Gasteiger partial charge in [0.1, 0.15) is 0 Å². The van der Waals surface area contributed by atoms with Crippen LogP contribution in [0.5, 0.6) is 5.75 Å². The van der Waals surface area contributed by atoms with Crippen molar-refractivity contribution in [2.45, 2.75) is 18.7 Å². The molecule has 0 aliphatic rings. The van der Waals surface area contributed by atoms with Crippen molar-refractivity contribution in [3.63, 3.8) is 0 Å². The van der Waals surface area contributed by atoms with Gasteiger partial charge in [-0.3, -0.25) is 15.1 Å². The molecule has 0 unspecified atom stereocenters. The Morgan fingerprint density at radius 1 is 1.15 bits per heavy atom. The molecule has 0 aliphatic heterocycles. The highest BCUT2D eigenvalue weighted by atomic mass is 32.2. The van der Waals surface area contributed by atoms with Crippen molar-refractivity contribution in [3.8, 4) is 5.75 Å². The maximum atomic E-state index is 12.5. The number of aliphatic imine (C=N–C) groups is 1. The SMILES string of the molecule is CCN(CC)S(=O)(=O)c1cccc(N=Cc2cc([N+](=O)[O-])ccc2[O-])c1. The van der Waals surface area contributed by atoms with Crippen LogP contribution in [0.2, 0.25) is 0 Å². The highest BCUT2D eigenvalue weighted by Gasteiger charge is 2.21. The summed E-state index contributed by atoms with van der Waals surface area (Å²) in [6, 6.07) is 9.35. The molecule has 0 N–H and O–H groups in total. The number of non-ortho nitro benzene ring substituents is 1. The molecule has 0 fully saturated rings. The van der Waals surface area contributed by atoms with E-state index in [1.54, 1.807) is 26.0 Å². The van der Waals surface area contributed by atoms with Crippen LogP contribution in [0, 0.1) is 10.1 Å². The molecule has 0 heterocycles. The fourth-order valence-electron chi connectivity index (χ4n) is 2.33. The predicted octanol–water partition coefficient (Wildman–Crippen LogP) is 2.45. The van der Waals surface area contributed by atoms with Gasteiger partial charge in [0.05, 0.1) is 15.5 Å². The largest absolute Gasteiger partial charge is 0.872 e. The summed E-state index contributed by atoms with van der Waals surface area (Å²) in [7, 11) is -3.62. The molecule has 138 valence electrons. The van der Waals surface area contributed by atoms with Crippen LogP contribution >= 0.6 is 0 Å². The molecule has 0 saturated heterocycles. The molecule has 26 heavy (non-hydrogen) atoms. The zero-order chi connectivity index (χ0) is 19.3. The van der Waals surface area contributed by atoms with Crippen LogP contribution in [-0.4, -0.2) is 37.0 Å². The van der Waals surface area contributed by atoms with E-state index < -0.39 is 20.7 Å². The fourth-order valence-corrected chi connectivity index (χ4v) is 3.83. The third kappa shape index (κ3) is 4.24. The zero-order valence-corrected chi connectivity index (χ0v) is 15.1. The molecule has 9 heteroatoms. The smallest absolute Gasteiger partial charge is 0.270 e. The van der Waals surface area contributed by atoms with Crippen LogP contribution in [0.15, 0.2) is 52.4 Å². The average Bonchev–Trinajstić information content (AvgIpc) is 2.62. The molecule has 0 bridgehead atoms. The highest BCUT2D eigenvalue weighted by Crippen LogP contribution is 2.23. The summed E-state index contributed by atoms with van der Waals surface area (Å²) in [5, 5.41) is 22.6. The number of nitro groups is 1. The zero-order valence-electron chi connectivity index (χ0n) is 14.3. The first-order valence-corrected chi connectivity index (χ1v) is 9.33. The Balaban J connectivity index is 2.36. The molecular formula is C17H18N3O5S-. The number of hydrogen-bond acceptors (Lipinski definition) is 6. The molecule has 0 spiro atoms. The summed E-state index contributed by atoms with van der Waals surface area (Å²) in [5.41, 5.74) is 0.157. The van der Waals surface area contributed by atoms with Gasteiger partial charge in [-0.05, 0) is 23.8 Å². The van der Waals surface area contributed by atoms with Gasteiger partial charge < -0.3 is 5.11 Å². The van der Waals surface area contributed by atoms with Crippen molar-refractivity contribution in [2.24, 2.45) is 4.99 Å². The van der Waals surface area contributed by atoms with Crippen LogP contribution in [0.3, 0.4) is 0 Å². The summed E-state index contributed by atoms with van der Waals surface area (Å²) in [4.78, 5) is 14.4. The van der Waals surface area contributed by atoms with Crippen LogP contribution in [0.25, 0.3) is 0 Å². The summed E-state index contributed by atoms with van der Waals surface area (Å²) in [5.74, 6) is -0.411. The first kappa shape index (κ1) is 19.5. The second-order valence-corrected chi connectivity index (χ2v) is 7.26. The molecule has 0 saturated carbocycles. The van der Waals surface area contributed by atoms with Crippen molar-refractivity contribution in [3.05, 3.63) is 58.1 Å². The van der Waals surface area contributed by atoms with Gasteiger partial charge in [0.15, 0.2) is 0 Å². The molecule has 0 aliphatic carbocycles. The van der Waals surface area contributed by atoms with E-state index in [0.717, 1.165) is 18.2 Å². The van der Waals surface area contributed by atoms with Gasteiger partial charge in [-0.15, -0.1) is 0 Å². The summed E-state index contributed by atoms with van der Waals surface area (Å²) in [6.07, 6.45) is 1.19. The molecule has 2 aromatic carbocycles. The monoisotopic (exact) mass is 376 g/mol. The van der Waals surface area contributed by atoms with E-state index >= 15 is 0 Å². The Morgan fingerprint density at radius 2 is 1.85 bits per heavy atom. The third-order valence-electron chi connectivity index (χ3n) is 3.72. The normalized spacial score (nSPS) is 12.0. The standard InChI is InChI=1S/C17H19N3O5S/c1-3-19(4-2)26(24,25)16-7-5-6-14(11-16)18-12-13-10-15(20(22)23)8-9-17(13)21/h5-12,21H,3-4H2,1-2H3/p-1. The van der Waals surface area contributed by atoms with Crippen LogP contribution in [-0.2, 0) is 10.0 Å². The van der Waals surface area contributed by atoms with Crippen molar-refractivity contribution in [1.29, 1.82) is 0 Å². The lowest BCUT2D eigenvalue weighted by atomic mass is 10.2. The minimum absolute atomic E-state index is 0.0520. The molecule has 8 nitrogen and oxygen atoms in total. The van der Waals surface area contributed by atoms with Crippen LogP contribution < -0.4 is 5.11 Å². The maximum absolute atomic E-state index is 12.5. The van der Waals surface area contributed by atoms with Gasteiger partial charge in [0, 0.05) is 31.4 Å². The Morgan fingerprint density at radius 3 is 2.46 bits per heavy atom. The molecule has 0 amide bonds. The first-order chi connectivity index (χ1) is 12.3. The quantitative estimate of drug-likeness (QED) is 0.418. The summed E-state index contributed by atoms with van der Waals surface area (Å²) < 4.78 is 26.4. The van der Waals surface area contributed by atoms with Gasteiger partial charge in [-0.25, -0.2) is 8.42 Å². The topological polar surface area (TPSA) is 116 Å². The maximum Gasteiger partial charge on any atom is 0.270 e. The molecule has 0 atom stereocenters. The Hall–Kier alpha value is -2.78. The van der Waals surface area contributed by atoms with E-state index in [0.29, 0.717) is 18.8 Å². The molecule has 0 aromatic heterocycles. The minimum atomic E-state index is -3.62. The van der Waals surface area contributed by atoms with Crippen LogP contribution in [0.1, 0.15) is 19.4 Å². The van der Waals surface area contributed by atoms with Crippen molar-refractivity contribution in [1.82, 2.24) is 4.31 Å². The van der Waals surface area contributed by atoms with E-state index in [9.17, 15) is 23.6 Å². The highest BCUT2D eigenvalue weighted by molar-refractivity contribution is 7.89. The van der Waals surface area contributed by atoms with Gasteiger partial charge in [-0.2, -0.15) is 4.31 Å². The van der Waals surface area contributed by atoms with E-state index in [4.69, 9.17) is 0 Å². The Bertz CT molecular complexity index is 937. The summed E-state index contributed by atoms with van der Waals surface area (Å²) in [6.45, 7) is 4.20. The number of hydrogen-bond donors (Lipinski definition) is 0. The number of sulfonamides is 1. The number of rotatable bonds is 7. The van der Waals surface area contributed by atoms with Gasteiger partial charge in [0.2, 0.25) is 10.0 Å². The average molecular weight is 376 g/mol. The Kier molecular flexibility index (Phi) is 6.06. The lowest BCUT2D eigenvalue weighted by Gasteiger charge is -2.18. The Labute approximate surface area is 151 Å². The van der Waals surface area contributed by atoms with Crippen molar-refractivity contribution < 1.29 is 18.4 Å². The summed E-state index contributed by atoms with van der Waals surface area (Å²) >= 11 is 0. The number of benzene rings is 2. The van der Waals surface area contributed by atoms with Crippen molar-refractivity contribution in [2.75, 3.05) is 13.1 Å². The van der Waals surface area contributed by atoms with Crippen LogP contribution in [0.4, 0.5) is 11.4 Å². The van der Waals surface area contributed by atoms with Gasteiger partial charge in [-0.1, -0.05) is 31.7 Å². The number of nitro benzene ring substituents is 1. The molecule has 2 aromatic rings. The second kappa shape index (κ2) is 8.07. The molecule has 0 radical (unpaired) electrons. The molecular weight excluding hydrogens is 358 g/mol.